The van der Waals surface area contributed by atoms with Crippen LogP contribution in [0.2, 0.25) is 0 Å². The van der Waals surface area contributed by atoms with E-state index in [4.69, 9.17) is 0 Å². The summed E-state index contributed by atoms with van der Waals surface area (Å²) in [5, 5.41) is 11.7. The molecular formula is C16H25N5O. The minimum Gasteiger partial charge on any atom is -0.348 e. The largest absolute Gasteiger partial charge is 0.348 e. The third-order valence-electron chi connectivity index (χ3n) is 4.05. The van der Waals surface area contributed by atoms with Crippen molar-refractivity contribution in [1.82, 2.24) is 24.9 Å². The highest BCUT2D eigenvalue weighted by Gasteiger charge is 2.17. The third-order valence-corrected chi connectivity index (χ3v) is 4.05. The highest BCUT2D eigenvalue weighted by molar-refractivity contribution is 5.76. The average Bonchev–Trinajstić information content (AvgIpc) is 3.01. The van der Waals surface area contributed by atoms with Gasteiger partial charge in [-0.15, -0.1) is 0 Å². The van der Waals surface area contributed by atoms with Gasteiger partial charge in [0.15, 0.2) is 0 Å². The van der Waals surface area contributed by atoms with E-state index < -0.39 is 0 Å². The Balaban J connectivity index is 2.06. The van der Waals surface area contributed by atoms with Gasteiger partial charge in [0.25, 0.3) is 0 Å². The molecule has 0 saturated heterocycles. The lowest BCUT2D eigenvalue weighted by Gasteiger charge is -2.15. The van der Waals surface area contributed by atoms with Gasteiger partial charge in [-0.05, 0) is 32.3 Å². The lowest BCUT2D eigenvalue weighted by atomic mass is 10.1. The molecule has 0 fully saturated rings. The maximum Gasteiger partial charge on any atom is 0.242 e. The van der Waals surface area contributed by atoms with Crippen LogP contribution in [0.3, 0.4) is 0 Å². The van der Waals surface area contributed by atoms with Crippen molar-refractivity contribution in [2.45, 2.75) is 53.1 Å². The number of carbonyl (C=O) groups is 1. The fraction of sp³-hybridized carbons (Fsp3) is 0.562. The van der Waals surface area contributed by atoms with Gasteiger partial charge in [0.1, 0.15) is 6.54 Å². The molecule has 0 radical (unpaired) electrons. The molecule has 0 saturated carbocycles. The molecule has 120 valence electrons. The van der Waals surface area contributed by atoms with E-state index in [1.165, 1.54) is 5.56 Å². The molecule has 2 aromatic heterocycles. The third kappa shape index (κ3) is 3.37. The molecule has 2 heterocycles. The molecule has 0 bridgehead atoms. The van der Waals surface area contributed by atoms with E-state index in [-0.39, 0.29) is 18.5 Å². The maximum atomic E-state index is 12.3. The normalized spacial score (nSPS) is 12.4. The Kier molecular flexibility index (Phi) is 5.00. The molecule has 1 atom stereocenters. The van der Waals surface area contributed by atoms with Crippen molar-refractivity contribution in [3.8, 4) is 0 Å². The van der Waals surface area contributed by atoms with E-state index in [0.717, 1.165) is 29.8 Å². The number of rotatable bonds is 6. The summed E-state index contributed by atoms with van der Waals surface area (Å²) in [5.41, 5.74) is 4.34. The molecule has 1 N–H and O–H groups in total. The van der Waals surface area contributed by atoms with Crippen LogP contribution in [0.15, 0.2) is 12.4 Å². The van der Waals surface area contributed by atoms with E-state index in [2.05, 4.69) is 29.4 Å². The van der Waals surface area contributed by atoms with E-state index in [0.29, 0.717) is 0 Å². The summed E-state index contributed by atoms with van der Waals surface area (Å²) < 4.78 is 3.54. The first-order valence-corrected chi connectivity index (χ1v) is 7.77. The summed E-state index contributed by atoms with van der Waals surface area (Å²) in [6, 6.07) is -0.0104. The van der Waals surface area contributed by atoms with Crippen molar-refractivity contribution < 1.29 is 4.79 Å². The summed E-state index contributed by atoms with van der Waals surface area (Å²) in [6.45, 7) is 8.42. The van der Waals surface area contributed by atoms with Gasteiger partial charge in [0.05, 0.1) is 17.9 Å². The van der Waals surface area contributed by atoms with Crippen LogP contribution >= 0.6 is 0 Å². The second-order valence-corrected chi connectivity index (χ2v) is 5.64. The van der Waals surface area contributed by atoms with Crippen molar-refractivity contribution >= 4 is 5.91 Å². The van der Waals surface area contributed by atoms with Gasteiger partial charge in [-0.1, -0.05) is 13.8 Å². The molecule has 0 unspecified atom stereocenters. The smallest absolute Gasteiger partial charge is 0.242 e. The van der Waals surface area contributed by atoms with Crippen LogP contribution in [-0.4, -0.2) is 25.5 Å². The Morgan fingerprint density at radius 3 is 2.59 bits per heavy atom. The number of hydrogen-bond acceptors (Lipinski definition) is 3. The van der Waals surface area contributed by atoms with Gasteiger partial charge in [-0.25, -0.2) is 0 Å². The average molecular weight is 303 g/mol. The molecular weight excluding hydrogens is 278 g/mol. The predicted octanol–water partition coefficient (Wildman–Crippen LogP) is 2.06. The lowest BCUT2D eigenvalue weighted by Crippen LogP contribution is -2.31. The summed E-state index contributed by atoms with van der Waals surface area (Å²) in [7, 11) is 1.88. The minimum absolute atomic E-state index is 0.0104. The minimum atomic E-state index is -0.0241. The van der Waals surface area contributed by atoms with Crippen molar-refractivity contribution in [2.24, 2.45) is 7.05 Å². The number of hydrogen-bond donors (Lipinski definition) is 1. The number of nitrogens with one attached hydrogen (secondary N) is 1. The Morgan fingerprint density at radius 1 is 1.36 bits per heavy atom. The van der Waals surface area contributed by atoms with Crippen LogP contribution < -0.4 is 5.32 Å². The Hall–Kier alpha value is -2.11. The van der Waals surface area contributed by atoms with Crippen LogP contribution in [0.1, 0.15) is 48.8 Å². The van der Waals surface area contributed by atoms with Gasteiger partial charge < -0.3 is 5.32 Å². The van der Waals surface area contributed by atoms with E-state index in [9.17, 15) is 4.79 Å². The monoisotopic (exact) mass is 303 g/mol. The molecule has 0 spiro atoms. The van der Waals surface area contributed by atoms with Crippen LogP contribution in [0.5, 0.6) is 0 Å². The lowest BCUT2D eigenvalue weighted by molar-refractivity contribution is -0.122. The first-order chi connectivity index (χ1) is 10.5. The zero-order valence-electron chi connectivity index (χ0n) is 14.1. The van der Waals surface area contributed by atoms with Gasteiger partial charge >= 0.3 is 0 Å². The Labute approximate surface area is 131 Å². The van der Waals surface area contributed by atoms with E-state index in [1.807, 2.05) is 27.1 Å². The molecule has 0 aromatic carbocycles. The fourth-order valence-corrected chi connectivity index (χ4v) is 2.82. The standard InChI is InChI=1S/C16H25N5O/c1-6-14-11(3)19-21(12(14)4)10-16(22)18-15(7-2)13-8-17-20(5)9-13/h8-9,15H,6-7,10H2,1-5H3,(H,18,22)/t15-/m1/s1. The summed E-state index contributed by atoms with van der Waals surface area (Å²) >= 11 is 0. The number of amides is 1. The van der Waals surface area contributed by atoms with Crippen LogP contribution in [0.4, 0.5) is 0 Å². The SMILES string of the molecule is CCc1c(C)nn(CC(=O)N[C@H](CC)c2cnn(C)c2)c1C. The molecule has 1 amide bonds. The molecule has 6 nitrogen and oxygen atoms in total. The highest BCUT2D eigenvalue weighted by atomic mass is 16.2. The van der Waals surface area contributed by atoms with Crippen LogP contribution in [0.25, 0.3) is 0 Å². The van der Waals surface area contributed by atoms with Gasteiger partial charge in [0, 0.05) is 24.5 Å². The zero-order chi connectivity index (χ0) is 16.3. The predicted molar refractivity (Wildman–Crippen MR) is 85.5 cm³/mol. The van der Waals surface area contributed by atoms with E-state index in [1.54, 1.807) is 15.6 Å². The molecule has 2 aromatic rings. The first kappa shape index (κ1) is 16.3. The second kappa shape index (κ2) is 6.77. The fourth-order valence-electron chi connectivity index (χ4n) is 2.82. The molecule has 0 aliphatic heterocycles. The molecule has 2 rings (SSSR count). The second-order valence-electron chi connectivity index (χ2n) is 5.64. The number of aromatic nitrogens is 4. The zero-order valence-corrected chi connectivity index (χ0v) is 14.1. The number of nitrogens with zero attached hydrogens (tertiary/aromatic N) is 4. The van der Waals surface area contributed by atoms with Crippen LogP contribution in [-0.2, 0) is 24.8 Å². The van der Waals surface area contributed by atoms with Gasteiger partial charge in [-0.2, -0.15) is 10.2 Å². The van der Waals surface area contributed by atoms with Crippen molar-refractivity contribution in [3.63, 3.8) is 0 Å². The quantitative estimate of drug-likeness (QED) is 0.888. The van der Waals surface area contributed by atoms with Crippen LogP contribution in [0, 0.1) is 13.8 Å². The highest BCUT2D eigenvalue weighted by Crippen LogP contribution is 2.16. The van der Waals surface area contributed by atoms with Gasteiger partial charge in [-0.3, -0.25) is 14.2 Å². The Bertz CT molecular complexity index is 656. The summed E-state index contributed by atoms with van der Waals surface area (Å²) in [4.78, 5) is 12.3. The van der Waals surface area contributed by atoms with Gasteiger partial charge in [0.2, 0.25) is 5.91 Å². The number of aryl methyl sites for hydroxylation is 2. The van der Waals surface area contributed by atoms with Crippen molar-refractivity contribution in [1.29, 1.82) is 0 Å². The maximum absolute atomic E-state index is 12.3. The van der Waals surface area contributed by atoms with Crippen molar-refractivity contribution in [2.75, 3.05) is 0 Å². The molecule has 0 aliphatic rings. The summed E-state index contributed by atoms with van der Waals surface area (Å²) in [6.07, 6.45) is 5.50. The number of carbonyl (C=O) groups excluding carboxylic acids is 1. The Morgan fingerprint density at radius 2 is 2.09 bits per heavy atom. The summed E-state index contributed by atoms with van der Waals surface area (Å²) in [5.74, 6) is -0.0241. The molecule has 22 heavy (non-hydrogen) atoms. The molecule has 6 heteroatoms. The molecule has 0 aliphatic carbocycles. The first-order valence-electron chi connectivity index (χ1n) is 7.77. The van der Waals surface area contributed by atoms with E-state index >= 15 is 0 Å². The topological polar surface area (TPSA) is 64.7 Å². The van der Waals surface area contributed by atoms with Crippen molar-refractivity contribution in [3.05, 3.63) is 34.9 Å².